The average Bonchev–Trinajstić information content (AvgIpc) is 1.88. The molecule has 0 saturated heterocycles. The van der Waals surface area contributed by atoms with Gasteiger partial charge in [0.1, 0.15) is 10.1 Å². The summed E-state index contributed by atoms with van der Waals surface area (Å²) in [6, 6.07) is 0. The van der Waals surface area contributed by atoms with E-state index in [1.54, 1.807) is 0 Å². The van der Waals surface area contributed by atoms with Crippen LogP contribution in [0.3, 0.4) is 0 Å². The molecule has 0 fully saturated rings. The Kier molecular flexibility index (Phi) is 23.3. The monoisotopic (exact) mass is 224 g/mol. The number of hydrogen-bond donors (Lipinski definition) is 0. The van der Waals surface area contributed by atoms with Gasteiger partial charge in [0.15, 0.2) is 0 Å². The van der Waals surface area contributed by atoms with Crippen LogP contribution in [0.25, 0.3) is 0 Å². The second-order valence-corrected chi connectivity index (χ2v) is 2.50. The van der Waals surface area contributed by atoms with Crippen molar-refractivity contribution >= 4 is 16.1 Å². The maximum atomic E-state index is 9.33. The fraction of sp³-hybridized carbons (Fsp3) is 0. The average molecular weight is 224 g/mol. The fourth-order valence-corrected chi connectivity index (χ4v) is 0. The smallest absolute Gasteiger partial charge is 0.745 e. The number of carboxylic acid groups (broad SMARTS) is 1. The molecule has 8 heteroatoms. The molecule has 0 aromatic carbocycles. The van der Waals surface area contributed by atoms with Crippen molar-refractivity contribution in [3.05, 3.63) is 24.6 Å². The second-order valence-electron chi connectivity index (χ2n) is 1.18. The first kappa shape index (κ1) is 23.6. The van der Waals surface area contributed by atoms with E-state index in [4.69, 9.17) is 9.90 Å². The number of rotatable bonds is 2. The van der Waals surface area contributed by atoms with Crippen LogP contribution >= 0.6 is 0 Å². The van der Waals surface area contributed by atoms with Gasteiger partial charge in [-0.2, -0.15) is 0 Å². The number of hydrogen-bond acceptors (Lipinski definition) is 5. The summed E-state index contributed by atoms with van der Waals surface area (Å²) in [6.45, 7) is 5.63. The Morgan fingerprint density at radius 3 is 1.38 bits per heavy atom. The van der Waals surface area contributed by atoms with E-state index in [1.165, 1.54) is 0 Å². The summed E-state index contributed by atoms with van der Waals surface area (Å²) in [5.74, 6) is -1.23. The predicted molar refractivity (Wildman–Crippen MR) is 35.1 cm³/mol. The predicted octanol–water partition coefficient (Wildman–Crippen LogP) is -7.39. The van der Waals surface area contributed by atoms with E-state index < -0.39 is 16.1 Å². The van der Waals surface area contributed by atoms with Crippen molar-refractivity contribution in [3.63, 3.8) is 0 Å². The van der Waals surface area contributed by atoms with Crippen molar-refractivity contribution in [3.8, 4) is 0 Å². The quantitative estimate of drug-likeness (QED) is 0.263. The second kappa shape index (κ2) is 12.9. The first-order valence-corrected chi connectivity index (χ1v) is 3.72. The molecule has 0 aromatic heterocycles. The van der Waals surface area contributed by atoms with Crippen molar-refractivity contribution < 1.29 is 82.0 Å². The third-order valence-corrected chi connectivity index (χ3v) is 0.779. The first-order valence-electron chi connectivity index (χ1n) is 2.25. The van der Waals surface area contributed by atoms with Crippen LogP contribution in [-0.4, -0.2) is 18.9 Å². The Morgan fingerprint density at radius 1 is 1.23 bits per heavy atom. The maximum Gasteiger partial charge on any atom is 1.00 e. The van der Waals surface area contributed by atoms with E-state index in [0.29, 0.717) is 5.41 Å². The number of carbonyl (C=O) groups excluding carboxylic acids is 1. The Balaban J connectivity index is -0.0000000546. The summed E-state index contributed by atoms with van der Waals surface area (Å²) < 4.78 is 28.0. The van der Waals surface area contributed by atoms with E-state index in [-0.39, 0.29) is 59.1 Å². The summed E-state index contributed by atoms with van der Waals surface area (Å²) in [5, 5.41) is 9.49. The van der Waals surface area contributed by atoms with Gasteiger partial charge in [-0.1, -0.05) is 13.2 Å². The summed E-state index contributed by atoms with van der Waals surface area (Å²) in [5.41, 5.74) is 0. The molecule has 5 nitrogen and oxygen atoms in total. The van der Waals surface area contributed by atoms with Crippen LogP contribution in [0.15, 0.2) is 24.6 Å². The van der Waals surface area contributed by atoms with Gasteiger partial charge in [0.2, 0.25) is 0 Å². The summed E-state index contributed by atoms with van der Waals surface area (Å²) in [6.07, 6.45) is 0.722. The molecule has 0 saturated carbocycles. The Morgan fingerprint density at radius 2 is 1.38 bits per heavy atom. The minimum Gasteiger partial charge on any atom is -0.745 e. The fourth-order valence-electron chi connectivity index (χ4n) is 0. The first-order chi connectivity index (χ1) is 4.83. The topological polar surface area (TPSA) is 97.3 Å². The molecule has 64 valence electrons. The molecule has 0 aliphatic carbocycles. The van der Waals surface area contributed by atoms with Crippen molar-refractivity contribution in [2.24, 2.45) is 0 Å². The molecule has 0 N–H and O–H groups in total. The van der Waals surface area contributed by atoms with Gasteiger partial charge in [-0.05, 0) is 6.08 Å². The number of carboxylic acids is 1. The van der Waals surface area contributed by atoms with Crippen LogP contribution in [0, 0.1) is 0 Å². The molecule has 0 heterocycles. The van der Waals surface area contributed by atoms with Gasteiger partial charge in [0, 0.05) is 5.41 Å². The summed E-state index contributed by atoms with van der Waals surface area (Å²) >= 11 is 0. The van der Waals surface area contributed by atoms with Crippen LogP contribution in [0.4, 0.5) is 0 Å². The maximum absolute atomic E-state index is 9.33. The van der Waals surface area contributed by atoms with Crippen LogP contribution < -0.4 is 64.2 Å². The molecule has 0 aromatic rings. The summed E-state index contributed by atoms with van der Waals surface area (Å²) in [4.78, 5) is 9.14. The normalized spacial score (nSPS) is 7.46. The van der Waals surface area contributed by atoms with Crippen molar-refractivity contribution in [2.75, 3.05) is 0 Å². The molecule has 0 unspecified atom stereocenters. The molecular formula is C5H6Na2O5S. The molecule has 0 aliphatic rings. The zero-order valence-electron chi connectivity index (χ0n) is 7.52. The van der Waals surface area contributed by atoms with Crippen LogP contribution in [0.5, 0.6) is 0 Å². The van der Waals surface area contributed by atoms with Gasteiger partial charge in [0.05, 0.1) is 5.97 Å². The Hall–Kier alpha value is 0.860. The molecule has 0 aliphatic heterocycles. The zero-order valence-corrected chi connectivity index (χ0v) is 12.3. The van der Waals surface area contributed by atoms with Crippen molar-refractivity contribution in [2.45, 2.75) is 0 Å². The Bertz CT molecular complexity index is 234. The van der Waals surface area contributed by atoms with E-state index in [2.05, 4.69) is 13.2 Å². The minimum atomic E-state index is -4.15. The molecule has 0 amide bonds. The van der Waals surface area contributed by atoms with Crippen LogP contribution in [0.2, 0.25) is 0 Å². The molecule has 0 atom stereocenters. The van der Waals surface area contributed by atoms with Crippen molar-refractivity contribution in [1.82, 2.24) is 0 Å². The molecule has 0 radical (unpaired) electrons. The Labute approximate surface area is 121 Å². The van der Waals surface area contributed by atoms with Gasteiger partial charge in [0.25, 0.3) is 0 Å². The summed E-state index contributed by atoms with van der Waals surface area (Å²) in [7, 11) is -4.15. The third-order valence-electron chi connectivity index (χ3n) is 0.371. The van der Waals surface area contributed by atoms with Crippen molar-refractivity contribution in [1.29, 1.82) is 0 Å². The largest absolute Gasteiger partial charge is 1.00 e. The number of aliphatic carboxylic acids is 1. The molecule has 13 heavy (non-hydrogen) atoms. The SMILES string of the molecule is C=CC(=O)[O-].C=CS(=O)(=O)[O-].[Na+].[Na+]. The molecule has 0 bridgehead atoms. The molecule has 0 rings (SSSR count). The van der Waals surface area contributed by atoms with Gasteiger partial charge >= 0.3 is 59.1 Å². The van der Waals surface area contributed by atoms with Gasteiger partial charge in [-0.25, -0.2) is 8.42 Å². The molecular weight excluding hydrogens is 218 g/mol. The van der Waals surface area contributed by atoms with Gasteiger partial charge in [-0.15, -0.1) is 0 Å². The zero-order chi connectivity index (χ0) is 9.49. The van der Waals surface area contributed by atoms with Gasteiger partial charge < -0.3 is 14.5 Å². The van der Waals surface area contributed by atoms with Gasteiger partial charge in [-0.3, -0.25) is 0 Å². The van der Waals surface area contributed by atoms with Crippen LogP contribution in [0.1, 0.15) is 0 Å². The van der Waals surface area contributed by atoms with E-state index >= 15 is 0 Å². The number of carbonyl (C=O) groups is 1. The molecule has 0 spiro atoms. The minimum absolute atomic E-state index is 0. The van der Waals surface area contributed by atoms with E-state index in [9.17, 15) is 13.0 Å². The standard InChI is InChI=1S/C3H4O2.C2H4O3S.2Na/c1-2-3(4)5;1-2-6(3,4)5;;/h2H,1H2,(H,4,5);2H,1H2,(H,3,4,5);;/q;;2*+1/p-2. The third kappa shape index (κ3) is 44.2. The van der Waals surface area contributed by atoms with Crippen LogP contribution in [-0.2, 0) is 14.9 Å². The van der Waals surface area contributed by atoms with E-state index in [0.717, 1.165) is 6.08 Å². The van der Waals surface area contributed by atoms with E-state index in [1.807, 2.05) is 0 Å².